The molecule has 6 nitrogen and oxygen atoms in total. The van der Waals surface area contributed by atoms with E-state index in [1.54, 1.807) is 0 Å². The van der Waals surface area contributed by atoms with E-state index >= 15 is 0 Å². The number of nitrogens with one attached hydrogen (secondary N) is 2. The van der Waals surface area contributed by atoms with E-state index in [0.29, 0.717) is 12.8 Å². The van der Waals surface area contributed by atoms with Gasteiger partial charge < -0.3 is 10.6 Å². The Kier molecular flexibility index (Phi) is 10.6. The summed E-state index contributed by atoms with van der Waals surface area (Å²) in [6, 6.07) is 15.1. The molecule has 1 aliphatic rings. The molecule has 176 valence electrons. The minimum absolute atomic E-state index is 0.290. The van der Waals surface area contributed by atoms with Crippen LogP contribution in [-0.4, -0.2) is 69.1 Å². The molecule has 0 spiro atoms. The number of sulfone groups is 1. The van der Waals surface area contributed by atoms with Crippen molar-refractivity contribution in [1.29, 1.82) is 0 Å². The maximum Gasteiger partial charge on any atom is 0.150 e. The fourth-order valence-corrected chi connectivity index (χ4v) is 5.39. The summed E-state index contributed by atoms with van der Waals surface area (Å²) in [5, 5.41) is 6.81. The first-order chi connectivity index (χ1) is 15.6. The van der Waals surface area contributed by atoms with E-state index in [-0.39, 0.29) is 11.5 Å². The predicted octanol–water partition coefficient (Wildman–Crippen LogP) is 2.45. The minimum atomic E-state index is -2.90. The summed E-state index contributed by atoms with van der Waals surface area (Å²) < 4.78 is 24.0. The Bertz CT molecular complexity index is 851. The maximum absolute atomic E-state index is 12.0. The standard InChI is InChI=1S/C25H38N4O2S/c30-32(31)20-4-13-26-16-18-29(19-17-27-14-5-21-32)22-24-11-9-23(10-12-24)6-3-8-25-7-1-2-15-28-25/h1-2,7,9-12,15,26-27H,3-6,8,13-14,16-22H2. The van der Waals surface area contributed by atoms with Crippen molar-refractivity contribution in [3.8, 4) is 0 Å². The molecule has 2 aromatic rings. The molecule has 2 N–H and O–H groups in total. The van der Waals surface area contributed by atoms with E-state index in [4.69, 9.17) is 0 Å². The molecule has 32 heavy (non-hydrogen) atoms. The highest BCUT2D eigenvalue weighted by atomic mass is 32.2. The summed E-state index contributed by atoms with van der Waals surface area (Å²) >= 11 is 0. The first kappa shape index (κ1) is 24.8. The molecule has 1 saturated heterocycles. The molecule has 0 saturated carbocycles. The molecule has 1 aromatic heterocycles. The van der Waals surface area contributed by atoms with Gasteiger partial charge >= 0.3 is 0 Å². The maximum atomic E-state index is 12.0. The number of hydrogen-bond acceptors (Lipinski definition) is 6. The van der Waals surface area contributed by atoms with E-state index in [1.165, 1.54) is 11.1 Å². The fourth-order valence-electron chi connectivity index (χ4n) is 4.02. The highest BCUT2D eigenvalue weighted by Crippen LogP contribution is 2.11. The lowest BCUT2D eigenvalue weighted by atomic mass is 10.0. The third kappa shape index (κ3) is 9.77. The van der Waals surface area contributed by atoms with Crippen molar-refractivity contribution in [2.24, 2.45) is 0 Å². The van der Waals surface area contributed by atoms with Gasteiger partial charge in [0, 0.05) is 44.6 Å². The van der Waals surface area contributed by atoms with Crippen molar-refractivity contribution < 1.29 is 8.42 Å². The van der Waals surface area contributed by atoms with Gasteiger partial charge in [0.1, 0.15) is 9.84 Å². The number of pyridine rings is 1. The highest BCUT2D eigenvalue weighted by Gasteiger charge is 2.11. The number of aryl methyl sites for hydroxylation is 2. The van der Waals surface area contributed by atoms with Gasteiger partial charge in [-0.25, -0.2) is 8.42 Å². The van der Waals surface area contributed by atoms with E-state index in [0.717, 1.165) is 70.8 Å². The van der Waals surface area contributed by atoms with Crippen molar-refractivity contribution >= 4 is 9.84 Å². The van der Waals surface area contributed by atoms with Crippen LogP contribution < -0.4 is 10.6 Å². The Morgan fingerprint density at radius 2 is 1.47 bits per heavy atom. The van der Waals surface area contributed by atoms with Gasteiger partial charge in [-0.1, -0.05) is 30.3 Å². The fraction of sp³-hybridized carbons (Fsp3) is 0.560. The number of hydrogen-bond donors (Lipinski definition) is 2. The van der Waals surface area contributed by atoms with Crippen molar-refractivity contribution in [2.75, 3.05) is 50.8 Å². The molecule has 0 amide bonds. The third-order valence-corrected chi connectivity index (χ3v) is 7.70. The molecule has 3 rings (SSSR count). The van der Waals surface area contributed by atoms with Crippen LogP contribution in [0, 0.1) is 0 Å². The van der Waals surface area contributed by atoms with Crippen LogP contribution in [0.1, 0.15) is 36.1 Å². The van der Waals surface area contributed by atoms with Crippen molar-refractivity contribution in [3.05, 3.63) is 65.5 Å². The quantitative estimate of drug-likeness (QED) is 0.693. The Morgan fingerprint density at radius 1 is 0.812 bits per heavy atom. The molecule has 1 aliphatic heterocycles. The molecule has 0 unspecified atom stereocenters. The van der Waals surface area contributed by atoms with Crippen LogP contribution in [0.3, 0.4) is 0 Å². The average Bonchev–Trinajstić information content (AvgIpc) is 2.79. The van der Waals surface area contributed by atoms with Crippen LogP contribution in [0.5, 0.6) is 0 Å². The Balaban J connectivity index is 1.44. The van der Waals surface area contributed by atoms with E-state index in [9.17, 15) is 8.42 Å². The van der Waals surface area contributed by atoms with Crippen LogP contribution in [-0.2, 0) is 29.2 Å². The van der Waals surface area contributed by atoms with Crippen molar-refractivity contribution in [1.82, 2.24) is 20.5 Å². The molecule has 1 fully saturated rings. The zero-order valence-electron chi connectivity index (χ0n) is 19.1. The van der Waals surface area contributed by atoms with Gasteiger partial charge in [0.05, 0.1) is 11.5 Å². The van der Waals surface area contributed by atoms with Gasteiger partial charge in [0.25, 0.3) is 0 Å². The predicted molar refractivity (Wildman–Crippen MR) is 132 cm³/mol. The van der Waals surface area contributed by atoms with Crippen LogP contribution in [0.4, 0.5) is 0 Å². The SMILES string of the molecule is O=S1(=O)CCCNCCN(Cc2ccc(CCCc3ccccn3)cc2)CCNCCC1. The van der Waals surface area contributed by atoms with Gasteiger partial charge in [0.2, 0.25) is 0 Å². The average molecular weight is 459 g/mol. The van der Waals surface area contributed by atoms with E-state index < -0.39 is 9.84 Å². The van der Waals surface area contributed by atoms with Crippen LogP contribution in [0.25, 0.3) is 0 Å². The molecule has 7 heteroatoms. The van der Waals surface area contributed by atoms with Gasteiger partial charge in [0.15, 0.2) is 0 Å². The summed E-state index contributed by atoms with van der Waals surface area (Å²) in [7, 11) is -2.90. The number of aromatic nitrogens is 1. The van der Waals surface area contributed by atoms with Gasteiger partial charge in [-0.2, -0.15) is 0 Å². The van der Waals surface area contributed by atoms with Crippen LogP contribution in [0.2, 0.25) is 0 Å². The van der Waals surface area contributed by atoms with Crippen molar-refractivity contribution in [2.45, 2.75) is 38.6 Å². The van der Waals surface area contributed by atoms with Crippen LogP contribution >= 0.6 is 0 Å². The van der Waals surface area contributed by atoms with E-state index in [1.807, 2.05) is 18.3 Å². The zero-order valence-corrected chi connectivity index (χ0v) is 20.0. The number of rotatable bonds is 6. The second-order valence-electron chi connectivity index (χ2n) is 8.63. The normalized spacial score (nSPS) is 19.2. The molecule has 0 radical (unpaired) electrons. The van der Waals surface area contributed by atoms with Gasteiger partial charge in [-0.05, 0) is 68.5 Å². The number of benzene rings is 1. The lowest BCUT2D eigenvalue weighted by Gasteiger charge is -2.23. The lowest BCUT2D eigenvalue weighted by Crippen LogP contribution is -2.37. The molecule has 1 aromatic carbocycles. The minimum Gasteiger partial charge on any atom is -0.315 e. The molecule has 2 heterocycles. The summed E-state index contributed by atoms with van der Waals surface area (Å²) in [5.41, 5.74) is 3.88. The molecular weight excluding hydrogens is 420 g/mol. The summed E-state index contributed by atoms with van der Waals surface area (Å²) in [5.74, 6) is 0.579. The summed E-state index contributed by atoms with van der Waals surface area (Å²) in [6.07, 6.45) is 6.45. The molecular formula is C25H38N4O2S. The third-order valence-electron chi connectivity index (χ3n) is 5.88. The molecule has 0 bridgehead atoms. The second-order valence-corrected chi connectivity index (χ2v) is 10.9. The Labute approximate surface area is 193 Å². The lowest BCUT2D eigenvalue weighted by molar-refractivity contribution is 0.264. The van der Waals surface area contributed by atoms with E-state index in [2.05, 4.69) is 50.8 Å². The second kappa shape index (κ2) is 13.7. The topological polar surface area (TPSA) is 74.3 Å². The first-order valence-corrected chi connectivity index (χ1v) is 13.7. The Morgan fingerprint density at radius 3 is 2.09 bits per heavy atom. The zero-order chi connectivity index (χ0) is 22.5. The summed E-state index contributed by atoms with van der Waals surface area (Å²) in [4.78, 5) is 6.87. The monoisotopic (exact) mass is 458 g/mol. The molecule has 0 aliphatic carbocycles. The molecule has 0 atom stereocenters. The smallest absolute Gasteiger partial charge is 0.150 e. The van der Waals surface area contributed by atoms with Crippen LogP contribution in [0.15, 0.2) is 48.7 Å². The summed E-state index contributed by atoms with van der Waals surface area (Å²) in [6.45, 7) is 6.14. The highest BCUT2D eigenvalue weighted by molar-refractivity contribution is 7.91. The largest absolute Gasteiger partial charge is 0.315 e. The van der Waals surface area contributed by atoms with Gasteiger partial charge in [-0.15, -0.1) is 0 Å². The number of nitrogens with zero attached hydrogens (tertiary/aromatic N) is 2. The van der Waals surface area contributed by atoms with Crippen molar-refractivity contribution in [3.63, 3.8) is 0 Å². The van der Waals surface area contributed by atoms with Gasteiger partial charge in [-0.3, -0.25) is 9.88 Å². The first-order valence-electron chi connectivity index (χ1n) is 11.9. The Hall–Kier alpha value is -1.80.